The molecule has 0 fully saturated rings. The first-order valence-electron chi connectivity index (χ1n) is 6.16. The molecule has 90 valence electrons. The summed E-state index contributed by atoms with van der Waals surface area (Å²) in [6, 6.07) is 16.8. The van der Waals surface area contributed by atoms with E-state index in [0.717, 1.165) is 11.1 Å². The summed E-state index contributed by atoms with van der Waals surface area (Å²) in [5.74, 6) is -0.174. The number of nitrogens with zero attached hydrogens (tertiary/aromatic N) is 1. The van der Waals surface area contributed by atoms with E-state index in [1.54, 1.807) is 0 Å². The first kappa shape index (κ1) is 12.4. The summed E-state index contributed by atoms with van der Waals surface area (Å²) in [4.78, 5) is 0. The lowest BCUT2D eigenvalue weighted by Crippen LogP contribution is -2.05. The van der Waals surface area contributed by atoms with Crippen molar-refractivity contribution in [2.75, 3.05) is 0 Å². The lowest BCUT2D eigenvalue weighted by molar-refractivity contribution is 0.985. The number of aryl methyl sites for hydroxylation is 3. The molecule has 0 bridgehead atoms. The van der Waals surface area contributed by atoms with Crippen LogP contribution >= 0.6 is 0 Å². The van der Waals surface area contributed by atoms with Crippen molar-refractivity contribution >= 4 is 0 Å². The molecule has 2 aromatic carbocycles. The van der Waals surface area contributed by atoms with Crippen LogP contribution < -0.4 is 0 Å². The molecule has 0 saturated carbocycles. The molecular weight excluding hydrogens is 218 g/mol. The van der Waals surface area contributed by atoms with Gasteiger partial charge in [0, 0.05) is 0 Å². The van der Waals surface area contributed by atoms with E-state index in [4.69, 9.17) is 0 Å². The smallest absolute Gasteiger partial charge is 0.0970 e. The Kier molecular flexibility index (Phi) is 3.48. The highest BCUT2D eigenvalue weighted by molar-refractivity contribution is 5.48. The Labute approximate surface area is 109 Å². The van der Waals surface area contributed by atoms with Crippen LogP contribution in [0, 0.1) is 32.1 Å². The minimum absolute atomic E-state index is 0.174. The van der Waals surface area contributed by atoms with Gasteiger partial charge in [0.05, 0.1) is 12.0 Å². The third-order valence-electron chi connectivity index (χ3n) is 3.46. The van der Waals surface area contributed by atoms with E-state index < -0.39 is 0 Å². The normalized spacial score (nSPS) is 11.9. The molecule has 0 aliphatic heterocycles. The predicted octanol–water partition coefficient (Wildman–Crippen LogP) is 4.27. The third-order valence-corrected chi connectivity index (χ3v) is 3.46. The van der Waals surface area contributed by atoms with Crippen LogP contribution in [-0.2, 0) is 0 Å². The predicted molar refractivity (Wildman–Crippen MR) is 74.6 cm³/mol. The molecule has 0 amide bonds. The highest BCUT2D eigenvalue weighted by atomic mass is 14.3. The van der Waals surface area contributed by atoms with Crippen LogP contribution in [0.1, 0.15) is 33.7 Å². The fraction of sp³-hybridized carbons (Fsp3) is 0.235. The van der Waals surface area contributed by atoms with Crippen LogP contribution in [0.5, 0.6) is 0 Å². The van der Waals surface area contributed by atoms with Crippen molar-refractivity contribution in [1.82, 2.24) is 0 Å². The van der Waals surface area contributed by atoms with E-state index in [9.17, 15) is 5.26 Å². The van der Waals surface area contributed by atoms with Crippen LogP contribution in [0.4, 0.5) is 0 Å². The van der Waals surface area contributed by atoms with Crippen LogP contribution in [0.3, 0.4) is 0 Å². The molecule has 1 nitrogen and oxygen atoms in total. The molecule has 0 N–H and O–H groups in total. The van der Waals surface area contributed by atoms with Crippen molar-refractivity contribution in [2.24, 2.45) is 0 Å². The standard InChI is InChI=1S/C17H17N/c1-12-7-4-5-10-15(12)16(11-18)17-13(2)8-6-9-14(17)3/h4-10,16H,1-3H3. The van der Waals surface area contributed by atoms with E-state index in [0.29, 0.717) is 0 Å². The molecule has 0 radical (unpaired) electrons. The quantitative estimate of drug-likeness (QED) is 0.762. The minimum atomic E-state index is -0.174. The van der Waals surface area contributed by atoms with Crippen LogP contribution in [0.2, 0.25) is 0 Å². The van der Waals surface area contributed by atoms with Gasteiger partial charge in [-0.3, -0.25) is 0 Å². The Bertz CT molecular complexity index is 585. The monoisotopic (exact) mass is 235 g/mol. The largest absolute Gasteiger partial charge is 0.197 e. The molecule has 0 aliphatic carbocycles. The molecule has 0 aliphatic rings. The average molecular weight is 235 g/mol. The first-order valence-corrected chi connectivity index (χ1v) is 6.16. The molecule has 18 heavy (non-hydrogen) atoms. The second-order valence-corrected chi connectivity index (χ2v) is 4.72. The molecule has 2 aromatic rings. The number of nitriles is 1. The van der Waals surface area contributed by atoms with E-state index in [1.807, 2.05) is 18.2 Å². The molecule has 1 unspecified atom stereocenters. The van der Waals surface area contributed by atoms with E-state index in [1.165, 1.54) is 16.7 Å². The summed E-state index contributed by atoms with van der Waals surface area (Å²) in [6.45, 7) is 6.21. The Morgan fingerprint density at radius 2 is 1.39 bits per heavy atom. The lowest BCUT2D eigenvalue weighted by Gasteiger charge is -2.17. The minimum Gasteiger partial charge on any atom is -0.197 e. The zero-order valence-corrected chi connectivity index (χ0v) is 11.1. The number of hydrogen-bond acceptors (Lipinski definition) is 1. The molecule has 0 saturated heterocycles. The van der Waals surface area contributed by atoms with E-state index >= 15 is 0 Å². The zero-order chi connectivity index (χ0) is 13.1. The number of hydrogen-bond donors (Lipinski definition) is 0. The Balaban J connectivity index is 2.61. The van der Waals surface area contributed by atoms with Gasteiger partial charge in [0.1, 0.15) is 0 Å². The molecule has 1 heteroatoms. The summed E-state index contributed by atoms with van der Waals surface area (Å²) in [6.07, 6.45) is 0. The van der Waals surface area contributed by atoms with Gasteiger partial charge in [0.15, 0.2) is 0 Å². The first-order chi connectivity index (χ1) is 8.65. The summed E-state index contributed by atoms with van der Waals surface area (Å²) in [7, 11) is 0. The van der Waals surface area contributed by atoms with Crippen molar-refractivity contribution in [3.05, 3.63) is 70.3 Å². The fourth-order valence-electron chi connectivity index (χ4n) is 2.48. The van der Waals surface area contributed by atoms with E-state index in [-0.39, 0.29) is 5.92 Å². The SMILES string of the molecule is Cc1ccccc1C(C#N)c1c(C)cccc1C. The highest BCUT2D eigenvalue weighted by Gasteiger charge is 2.18. The van der Waals surface area contributed by atoms with Gasteiger partial charge in [-0.1, -0.05) is 42.5 Å². The highest BCUT2D eigenvalue weighted by Crippen LogP contribution is 2.31. The second kappa shape index (κ2) is 5.06. The summed E-state index contributed by atoms with van der Waals surface area (Å²) < 4.78 is 0. The molecule has 0 spiro atoms. The summed E-state index contributed by atoms with van der Waals surface area (Å²) >= 11 is 0. The zero-order valence-electron chi connectivity index (χ0n) is 11.1. The molecule has 1 atom stereocenters. The molecular formula is C17H17N. The van der Waals surface area contributed by atoms with Gasteiger partial charge in [-0.25, -0.2) is 0 Å². The van der Waals surface area contributed by atoms with Crippen molar-refractivity contribution in [3.63, 3.8) is 0 Å². The van der Waals surface area contributed by atoms with Gasteiger partial charge >= 0.3 is 0 Å². The average Bonchev–Trinajstić information content (AvgIpc) is 2.35. The summed E-state index contributed by atoms with van der Waals surface area (Å²) in [5.41, 5.74) is 5.80. The van der Waals surface area contributed by atoms with Gasteiger partial charge in [-0.2, -0.15) is 5.26 Å². The third kappa shape index (κ3) is 2.15. The van der Waals surface area contributed by atoms with E-state index in [2.05, 4.69) is 51.1 Å². The Hall–Kier alpha value is -2.07. The van der Waals surface area contributed by atoms with Crippen LogP contribution in [-0.4, -0.2) is 0 Å². The summed E-state index contributed by atoms with van der Waals surface area (Å²) in [5, 5.41) is 9.56. The fourth-order valence-corrected chi connectivity index (χ4v) is 2.48. The van der Waals surface area contributed by atoms with Crippen molar-refractivity contribution < 1.29 is 0 Å². The number of rotatable bonds is 2. The van der Waals surface area contributed by atoms with Gasteiger partial charge in [0.25, 0.3) is 0 Å². The Morgan fingerprint density at radius 1 is 0.833 bits per heavy atom. The van der Waals surface area contributed by atoms with Gasteiger partial charge in [-0.05, 0) is 48.6 Å². The van der Waals surface area contributed by atoms with Gasteiger partial charge < -0.3 is 0 Å². The van der Waals surface area contributed by atoms with Crippen molar-refractivity contribution in [3.8, 4) is 6.07 Å². The lowest BCUT2D eigenvalue weighted by atomic mass is 9.85. The maximum Gasteiger partial charge on any atom is 0.0970 e. The Morgan fingerprint density at radius 3 is 1.94 bits per heavy atom. The van der Waals surface area contributed by atoms with Gasteiger partial charge in [-0.15, -0.1) is 0 Å². The maximum absolute atomic E-state index is 9.56. The van der Waals surface area contributed by atoms with Crippen LogP contribution in [0.15, 0.2) is 42.5 Å². The number of benzene rings is 2. The van der Waals surface area contributed by atoms with Crippen molar-refractivity contribution in [1.29, 1.82) is 5.26 Å². The van der Waals surface area contributed by atoms with Gasteiger partial charge in [0.2, 0.25) is 0 Å². The van der Waals surface area contributed by atoms with Crippen LogP contribution in [0.25, 0.3) is 0 Å². The van der Waals surface area contributed by atoms with Crippen molar-refractivity contribution in [2.45, 2.75) is 26.7 Å². The topological polar surface area (TPSA) is 23.8 Å². The molecule has 0 aromatic heterocycles. The molecule has 2 rings (SSSR count). The second-order valence-electron chi connectivity index (χ2n) is 4.72. The maximum atomic E-state index is 9.56. The molecule has 0 heterocycles.